The van der Waals surface area contributed by atoms with Crippen molar-refractivity contribution in [3.05, 3.63) is 0 Å². The average Bonchev–Trinajstić information content (AvgIpc) is 2.46. The van der Waals surface area contributed by atoms with Gasteiger partial charge in [0.25, 0.3) is 0 Å². The van der Waals surface area contributed by atoms with Gasteiger partial charge in [-0.1, -0.05) is 13.8 Å². The molecule has 2 rings (SSSR count). The third-order valence-corrected chi connectivity index (χ3v) is 4.85. The summed E-state index contributed by atoms with van der Waals surface area (Å²) in [7, 11) is 0. The molecule has 110 valence electrons. The first kappa shape index (κ1) is 14.8. The van der Waals surface area contributed by atoms with Crippen LogP contribution in [0.25, 0.3) is 0 Å². The van der Waals surface area contributed by atoms with Crippen molar-refractivity contribution < 1.29 is 4.79 Å². The fourth-order valence-electron chi connectivity index (χ4n) is 3.28. The molecule has 2 fully saturated rings. The smallest absolute Gasteiger partial charge is 0.239 e. The molecule has 0 aromatic carbocycles. The Morgan fingerprint density at radius 1 is 1.05 bits per heavy atom. The predicted molar refractivity (Wildman–Crippen MR) is 78.0 cm³/mol. The zero-order valence-corrected chi connectivity index (χ0v) is 12.7. The molecular weight excluding hydrogens is 238 g/mol. The second-order valence-corrected chi connectivity index (χ2v) is 6.37. The number of likely N-dealkylation sites (tertiary alicyclic amines) is 1. The van der Waals surface area contributed by atoms with Crippen LogP contribution in [0, 0.1) is 11.8 Å². The first-order chi connectivity index (χ1) is 9.09. The van der Waals surface area contributed by atoms with Gasteiger partial charge in [-0.3, -0.25) is 9.69 Å². The van der Waals surface area contributed by atoms with Crippen molar-refractivity contribution >= 4 is 5.91 Å². The van der Waals surface area contributed by atoms with E-state index in [1.807, 2.05) is 4.90 Å². The maximum atomic E-state index is 12.5. The molecular formula is C15H29N3O. The van der Waals surface area contributed by atoms with E-state index in [2.05, 4.69) is 31.0 Å². The number of piperazine rings is 1. The standard InChI is InChI=1S/C15H29N3O/c1-12(2)14-4-8-17(9-5-14)13(3)15(19)18-10-6-16-7-11-18/h12-14,16H,4-11H2,1-3H3. The van der Waals surface area contributed by atoms with Crippen molar-refractivity contribution in [2.75, 3.05) is 39.3 Å². The van der Waals surface area contributed by atoms with Crippen molar-refractivity contribution in [2.45, 2.75) is 39.7 Å². The lowest BCUT2D eigenvalue weighted by Crippen LogP contribution is -2.54. The van der Waals surface area contributed by atoms with Gasteiger partial charge in [-0.05, 0) is 44.7 Å². The Morgan fingerprint density at radius 3 is 2.16 bits per heavy atom. The second kappa shape index (κ2) is 6.71. The quantitative estimate of drug-likeness (QED) is 0.834. The molecule has 19 heavy (non-hydrogen) atoms. The van der Waals surface area contributed by atoms with Crippen LogP contribution in [0.2, 0.25) is 0 Å². The van der Waals surface area contributed by atoms with Crippen molar-refractivity contribution in [1.82, 2.24) is 15.1 Å². The third kappa shape index (κ3) is 3.69. The molecule has 2 heterocycles. The molecule has 2 aliphatic rings. The Hall–Kier alpha value is -0.610. The van der Waals surface area contributed by atoms with Gasteiger partial charge in [0.05, 0.1) is 6.04 Å². The lowest BCUT2D eigenvalue weighted by Gasteiger charge is -2.39. The molecule has 1 atom stereocenters. The van der Waals surface area contributed by atoms with Gasteiger partial charge in [0, 0.05) is 26.2 Å². The average molecular weight is 267 g/mol. The summed E-state index contributed by atoms with van der Waals surface area (Å²) in [6.45, 7) is 12.5. The fraction of sp³-hybridized carbons (Fsp3) is 0.933. The minimum atomic E-state index is 0.0613. The number of carbonyl (C=O) groups excluding carboxylic acids is 1. The highest BCUT2D eigenvalue weighted by Crippen LogP contribution is 2.25. The van der Waals surface area contributed by atoms with E-state index in [0.717, 1.165) is 51.1 Å². The monoisotopic (exact) mass is 267 g/mol. The summed E-state index contributed by atoms with van der Waals surface area (Å²) in [6, 6.07) is 0.0613. The minimum absolute atomic E-state index is 0.0613. The van der Waals surface area contributed by atoms with Crippen LogP contribution in [-0.2, 0) is 4.79 Å². The van der Waals surface area contributed by atoms with E-state index in [9.17, 15) is 4.79 Å². The minimum Gasteiger partial charge on any atom is -0.339 e. The molecule has 0 spiro atoms. The van der Waals surface area contributed by atoms with E-state index >= 15 is 0 Å². The first-order valence-electron chi connectivity index (χ1n) is 7.83. The lowest BCUT2D eigenvalue weighted by atomic mass is 9.86. The van der Waals surface area contributed by atoms with Crippen LogP contribution in [0.1, 0.15) is 33.6 Å². The molecule has 4 nitrogen and oxygen atoms in total. The molecule has 1 unspecified atom stereocenters. The highest BCUT2D eigenvalue weighted by molar-refractivity contribution is 5.81. The van der Waals surface area contributed by atoms with Crippen LogP contribution in [0.5, 0.6) is 0 Å². The molecule has 0 bridgehead atoms. The SMILES string of the molecule is CC(C)C1CCN(C(C)C(=O)N2CCNCC2)CC1. The molecule has 1 N–H and O–H groups in total. The Kier molecular flexibility index (Phi) is 5.22. The van der Waals surface area contributed by atoms with Gasteiger partial charge in [0.15, 0.2) is 0 Å². The zero-order chi connectivity index (χ0) is 13.8. The summed E-state index contributed by atoms with van der Waals surface area (Å²) in [5, 5.41) is 3.30. The largest absolute Gasteiger partial charge is 0.339 e. The summed E-state index contributed by atoms with van der Waals surface area (Å²) < 4.78 is 0. The Bertz CT molecular complexity index is 292. The summed E-state index contributed by atoms with van der Waals surface area (Å²) in [4.78, 5) is 16.9. The van der Waals surface area contributed by atoms with Crippen LogP contribution in [0.3, 0.4) is 0 Å². The predicted octanol–water partition coefficient (Wildman–Crippen LogP) is 1.17. The molecule has 2 aliphatic heterocycles. The molecule has 0 radical (unpaired) electrons. The second-order valence-electron chi connectivity index (χ2n) is 6.37. The van der Waals surface area contributed by atoms with E-state index in [0.29, 0.717) is 5.91 Å². The van der Waals surface area contributed by atoms with Gasteiger partial charge in [-0.15, -0.1) is 0 Å². The third-order valence-electron chi connectivity index (χ3n) is 4.85. The zero-order valence-electron chi connectivity index (χ0n) is 12.7. The number of carbonyl (C=O) groups is 1. The lowest BCUT2D eigenvalue weighted by molar-refractivity contribution is -0.137. The van der Waals surface area contributed by atoms with E-state index in [4.69, 9.17) is 0 Å². The van der Waals surface area contributed by atoms with E-state index in [-0.39, 0.29) is 6.04 Å². The van der Waals surface area contributed by atoms with Gasteiger partial charge < -0.3 is 10.2 Å². The van der Waals surface area contributed by atoms with Crippen molar-refractivity contribution in [3.8, 4) is 0 Å². The van der Waals surface area contributed by atoms with Crippen LogP contribution < -0.4 is 5.32 Å². The first-order valence-corrected chi connectivity index (χ1v) is 7.83. The maximum Gasteiger partial charge on any atom is 0.239 e. The van der Waals surface area contributed by atoms with Crippen molar-refractivity contribution in [2.24, 2.45) is 11.8 Å². The van der Waals surface area contributed by atoms with Crippen molar-refractivity contribution in [1.29, 1.82) is 0 Å². The number of amides is 1. The molecule has 0 saturated carbocycles. The Morgan fingerprint density at radius 2 is 1.63 bits per heavy atom. The van der Waals surface area contributed by atoms with Crippen LogP contribution in [-0.4, -0.2) is 61.0 Å². The Labute approximate surface area is 117 Å². The summed E-state index contributed by atoms with van der Waals surface area (Å²) in [5.74, 6) is 1.95. The number of nitrogens with zero attached hydrogens (tertiary/aromatic N) is 2. The van der Waals surface area contributed by atoms with E-state index in [1.54, 1.807) is 0 Å². The van der Waals surface area contributed by atoms with Gasteiger partial charge in [0.2, 0.25) is 5.91 Å². The molecule has 2 saturated heterocycles. The Balaban J connectivity index is 1.83. The normalized spacial score (nSPS) is 24.7. The summed E-state index contributed by atoms with van der Waals surface area (Å²) in [6.07, 6.45) is 2.49. The summed E-state index contributed by atoms with van der Waals surface area (Å²) >= 11 is 0. The molecule has 1 amide bonds. The van der Waals surface area contributed by atoms with Crippen LogP contribution in [0.4, 0.5) is 0 Å². The maximum absolute atomic E-state index is 12.5. The van der Waals surface area contributed by atoms with Crippen LogP contribution in [0.15, 0.2) is 0 Å². The molecule has 0 aliphatic carbocycles. The molecule has 4 heteroatoms. The molecule has 0 aromatic rings. The topological polar surface area (TPSA) is 35.6 Å². The van der Waals surface area contributed by atoms with Gasteiger partial charge >= 0.3 is 0 Å². The number of piperidine rings is 1. The molecule has 0 aromatic heterocycles. The highest BCUT2D eigenvalue weighted by atomic mass is 16.2. The number of hydrogen-bond donors (Lipinski definition) is 1. The van der Waals surface area contributed by atoms with Gasteiger partial charge in [-0.25, -0.2) is 0 Å². The van der Waals surface area contributed by atoms with Gasteiger partial charge in [0.1, 0.15) is 0 Å². The van der Waals surface area contributed by atoms with E-state index < -0.39 is 0 Å². The number of rotatable bonds is 3. The van der Waals surface area contributed by atoms with E-state index in [1.165, 1.54) is 12.8 Å². The fourth-order valence-corrected chi connectivity index (χ4v) is 3.28. The number of nitrogens with one attached hydrogen (secondary N) is 1. The van der Waals surface area contributed by atoms with Gasteiger partial charge in [-0.2, -0.15) is 0 Å². The highest BCUT2D eigenvalue weighted by Gasteiger charge is 2.30. The van der Waals surface area contributed by atoms with Crippen LogP contribution >= 0.6 is 0 Å². The number of hydrogen-bond acceptors (Lipinski definition) is 3. The summed E-state index contributed by atoms with van der Waals surface area (Å²) in [5.41, 5.74) is 0. The van der Waals surface area contributed by atoms with Crippen molar-refractivity contribution in [3.63, 3.8) is 0 Å².